The highest BCUT2D eigenvalue weighted by atomic mass is 16.3. The van der Waals surface area contributed by atoms with Gasteiger partial charge < -0.3 is 20.4 Å². The minimum absolute atomic E-state index is 0.172. The van der Waals surface area contributed by atoms with E-state index in [1.807, 2.05) is 48.5 Å². The molecule has 0 aromatic heterocycles. The molecule has 0 amide bonds. The second-order valence-electron chi connectivity index (χ2n) is 5.12. The summed E-state index contributed by atoms with van der Waals surface area (Å²) in [5.41, 5.74) is 1.80. The van der Waals surface area contributed by atoms with E-state index in [0.29, 0.717) is 6.42 Å². The standard InChI is InChI=1S/2C9H12O2/c1-7(10)9(11)8-5-3-2-4-6-8;10-7-9(11)6-8-4-2-1-3-5-8/h2-7,9-11H,1H3;1-5,9-11H,6-7H2. The highest BCUT2D eigenvalue weighted by Gasteiger charge is 2.11. The van der Waals surface area contributed by atoms with Crippen LogP contribution in [0.25, 0.3) is 0 Å². The fourth-order valence-corrected chi connectivity index (χ4v) is 1.88. The van der Waals surface area contributed by atoms with Gasteiger partial charge in [0.1, 0.15) is 6.10 Å². The monoisotopic (exact) mass is 304 g/mol. The number of hydrogen-bond donors (Lipinski definition) is 4. The quantitative estimate of drug-likeness (QED) is 0.677. The second-order valence-corrected chi connectivity index (χ2v) is 5.12. The Kier molecular flexibility index (Phi) is 8.40. The third-order valence-electron chi connectivity index (χ3n) is 3.12. The summed E-state index contributed by atoms with van der Waals surface area (Å²) in [6.45, 7) is 1.40. The first-order valence-corrected chi connectivity index (χ1v) is 7.28. The summed E-state index contributed by atoms with van der Waals surface area (Å²) < 4.78 is 0. The average Bonchev–Trinajstić information content (AvgIpc) is 2.56. The maximum absolute atomic E-state index is 9.35. The number of benzene rings is 2. The van der Waals surface area contributed by atoms with Gasteiger partial charge >= 0.3 is 0 Å². The van der Waals surface area contributed by atoms with Gasteiger partial charge in [0, 0.05) is 6.42 Å². The van der Waals surface area contributed by atoms with Gasteiger partial charge in [-0.3, -0.25) is 0 Å². The molecule has 2 aromatic rings. The number of hydrogen-bond acceptors (Lipinski definition) is 4. The fraction of sp³-hybridized carbons (Fsp3) is 0.333. The smallest absolute Gasteiger partial charge is 0.105 e. The maximum Gasteiger partial charge on any atom is 0.105 e. The lowest BCUT2D eigenvalue weighted by Gasteiger charge is -2.12. The van der Waals surface area contributed by atoms with Gasteiger partial charge in [-0.15, -0.1) is 0 Å². The summed E-state index contributed by atoms with van der Waals surface area (Å²) >= 11 is 0. The largest absolute Gasteiger partial charge is 0.394 e. The summed E-state index contributed by atoms with van der Waals surface area (Å²) in [5.74, 6) is 0. The Bertz CT molecular complexity index is 499. The first-order chi connectivity index (χ1) is 10.5. The van der Waals surface area contributed by atoms with Crippen LogP contribution in [0.3, 0.4) is 0 Å². The second kappa shape index (κ2) is 10.1. The van der Waals surface area contributed by atoms with E-state index >= 15 is 0 Å². The van der Waals surface area contributed by atoms with Crippen LogP contribution in [-0.2, 0) is 6.42 Å². The van der Waals surface area contributed by atoms with Crippen LogP contribution in [0.15, 0.2) is 60.7 Å². The lowest BCUT2D eigenvalue weighted by atomic mass is 10.1. The summed E-state index contributed by atoms with van der Waals surface area (Å²) in [6.07, 6.45) is -1.58. The minimum Gasteiger partial charge on any atom is -0.394 e. The Morgan fingerprint density at radius 1 is 0.818 bits per heavy atom. The molecule has 4 nitrogen and oxygen atoms in total. The minimum atomic E-state index is -0.767. The molecular weight excluding hydrogens is 280 g/mol. The molecule has 2 rings (SSSR count). The van der Waals surface area contributed by atoms with Crippen molar-refractivity contribution in [3.8, 4) is 0 Å². The molecule has 0 bridgehead atoms. The predicted molar refractivity (Wildman–Crippen MR) is 86.3 cm³/mol. The van der Waals surface area contributed by atoms with Crippen molar-refractivity contribution >= 4 is 0 Å². The molecule has 0 spiro atoms. The lowest BCUT2D eigenvalue weighted by molar-refractivity contribution is 0.0305. The summed E-state index contributed by atoms with van der Waals surface area (Å²) in [7, 11) is 0. The van der Waals surface area contributed by atoms with Crippen LogP contribution < -0.4 is 0 Å². The Morgan fingerprint density at radius 2 is 1.32 bits per heavy atom. The zero-order valence-electron chi connectivity index (χ0n) is 12.7. The van der Waals surface area contributed by atoms with E-state index in [0.717, 1.165) is 11.1 Å². The Morgan fingerprint density at radius 3 is 1.77 bits per heavy atom. The first-order valence-electron chi connectivity index (χ1n) is 7.28. The van der Waals surface area contributed by atoms with Crippen LogP contribution in [0.2, 0.25) is 0 Å². The molecule has 4 N–H and O–H groups in total. The van der Waals surface area contributed by atoms with Crippen molar-refractivity contribution < 1.29 is 20.4 Å². The molecule has 0 aliphatic heterocycles. The molecule has 0 saturated heterocycles. The highest BCUT2D eigenvalue weighted by molar-refractivity contribution is 5.18. The van der Waals surface area contributed by atoms with E-state index in [4.69, 9.17) is 15.3 Å². The van der Waals surface area contributed by atoms with Crippen molar-refractivity contribution in [1.82, 2.24) is 0 Å². The van der Waals surface area contributed by atoms with Crippen molar-refractivity contribution in [1.29, 1.82) is 0 Å². The molecule has 2 aromatic carbocycles. The molecule has 4 heteroatoms. The van der Waals surface area contributed by atoms with Crippen molar-refractivity contribution in [3.05, 3.63) is 71.8 Å². The van der Waals surface area contributed by atoms with Crippen molar-refractivity contribution in [2.75, 3.05) is 6.61 Å². The molecule has 0 aliphatic carbocycles. The van der Waals surface area contributed by atoms with E-state index in [1.165, 1.54) is 0 Å². The molecule has 0 heterocycles. The number of rotatable bonds is 5. The maximum atomic E-state index is 9.35. The fourth-order valence-electron chi connectivity index (χ4n) is 1.88. The van der Waals surface area contributed by atoms with E-state index in [9.17, 15) is 5.11 Å². The number of aliphatic hydroxyl groups is 4. The third kappa shape index (κ3) is 6.83. The summed E-state index contributed by atoms with van der Waals surface area (Å²) in [4.78, 5) is 0. The van der Waals surface area contributed by atoms with Gasteiger partial charge in [0.05, 0.1) is 18.8 Å². The Balaban J connectivity index is 0.000000220. The first kappa shape index (κ1) is 18.3. The third-order valence-corrected chi connectivity index (χ3v) is 3.12. The van der Waals surface area contributed by atoms with Crippen LogP contribution in [0.4, 0.5) is 0 Å². The normalized spacial score (nSPS) is 14.4. The zero-order valence-corrected chi connectivity index (χ0v) is 12.7. The number of aliphatic hydroxyl groups excluding tert-OH is 4. The highest BCUT2D eigenvalue weighted by Crippen LogP contribution is 2.15. The van der Waals surface area contributed by atoms with Gasteiger partial charge in [-0.25, -0.2) is 0 Å². The van der Waals surface area contributed by atoms with Gasteiger partial charge in [-0.2, -0.15) is 0 Å². The Labute approximate surface area is 131 Å². The van der Waals surface area contributed by atoms with Gasteiger partial charge in [0.25, 0.3) is 0 Å². The van der Waals surface area contributed by atoms with Crippen molar-refractivity contribution in [2.45, 2.75) is 31.7 Å². The average molecular weight is 304 g/mol. The molecular formula is C18H24O4. The van der Waals surface area contributed by atoms with Crippen LogP contribution >= 0.6 is 0 Å². The van der Waals surface area contributed by atoms with E-state index < -0.39 is 18.3 Å². The van der Waals surface area contributed by atoms with Crippen LogP contribution in [0.1, 0.15) is 24.2 Å². The van der Waals surface area contributed by atoms with Crippen molar-refractivity contribution in [2.24, 2.45) is 0 Å². The van der Waals surface area contributed by atoms with Gasteiger partial charge in [0.15, 0.2) is 0 Å². The SMILES string of the molecule is CC(O)C(O)c1ccccc1.OCC(O)Cc1ccccc1. The van der Waals surface area contributed by atoms with Crippen LogP contribution in [-0.4, -0.2) is 39.2 Å². The van der Waals surface area contributed by atoms with E-state index in [2.05, 4.69) is 0 Å². The van der Waals surface area contributed by atoms with E-state index in [1.54, 1.807) is 19.1 Å². The molecule has 0 radical (unpaired) electrons. The van der Waals surface area contributed by atoms with Gasteiger partial charge in [0.2, 0.25) is 0 Å². The lowest BCUT2D eigenvalue weighted by Crippen LogP contribution is -2.14. The van der Waals surface area contributed by atoms with Gasteiger partial charge in [-0.1, -0.05) is 60.7 Å². The summed E-state index contributed by atoms with van der Waals surface area (Å²) in [6, 6.07) is 18.7. The molecule has 3 atom stereocenters. The zero-order chi connectivity index (χ0) is 16.4. The molecule has 120 valence electrons. The molecule has 0 fully saturated rings. The van der Waals surface area contributed by atoms with Gasteiger partial charge in [-0.05, 0) is 18.1 Å². The Hall–Kier alpha value is -1.72. The molecule has 22 heavy (non-hydrogen) atoms. The summed E-state index contributed by atoms with van der Waals surface area (Å²) in [5, 5.41) is 36.0. The topological polar surface area (TPSA) is 80.9 Å². The molecule has 0 aliphatic rings. The van der Waals surface area contributed by atoms with Crippen LogP contribution in [0.5, 0.6) is 0 Å². The van der Waals surface area contributed by atoms with E-state index in [-0.39, 0.29) is 6.61 Å². The molecule has 3 unspecified atom stereocenters. The molecule has 0 saturated carbocycles. The predicted octanol–water partition coefficient (Wildman–Crippen LogP) is 1.68. The van der Waals surface area contributed by atoms with Crippen LogP contribution in [0, 0.1) is 0 Å². The van der Waals surface area contributed by atoms with Crippen molar-refractivity contribution in [3.63, 3.8) is 0 Å².